The Bertz CT molecular complexity index is 854. The number of aliphatic hydroxyl groups excluding tert-OH is 3. The molecule has 0 radical (unpaired) electrons. The van der Waals surface area contributed by atoms with Gasteiger partial charge in [0.05, 0.1) is 31.5 Å². The Labute approximate surface area is 187 Å². The van der Waals surface area contributed by atoms with Crippen LogP contribution in [0.15, 0.2) is 42.5 Å². The van der Waals surface area contributed by atoms with Gasteiger partial charge in [-0.15, -0.1) is 0 Å². The predicted molar refractivity (Wildman–Crippen MR) is 116 cm³/mol. The molecule has 4 rings (SSSR count). The smallest absolute Gasteiger partial charge is 0.119 e. The molecule has 2 fully saturated rings. The molecule has 1 aliphatic carbocycles. The van der Waals surface area contributed by atoms with E-state index in [1.165, 1.54) is 0 Å². The third kappa shape index (κ3) is 5.98. The maximum absolute atomic E-state index is 10.4. The highest BCUT2D eigenvalue weighted by molar-refractivity contribution is 6.31. The number of rotatable bonds is 9. The largest absolute Gasteiger partial charge is 0.491 e. The molecule has 0 unspecified atom stereocenters. The molecule has 0 bridgehead atoms. The second-order valence-electron chi connectivity index (χ2n) is 8.24. The number of ether oxygens (including phenoxy) is 3. The Kier molecular flexibility index (Phi) is 7.48. The summed E-state index contributed by atoms with van der Waals surface area (Å²) < 4.78 is 17.1. The topological polar surface area (TPSA) is 88.4 Å². The van der Waals surface area contributed by atoms with Crippen LogP contribution in [0.3, 0.4) is 0 Å². The summed E-state index contributed by atoms with van der Waals surface area (Å²) >= 11 is 6.43. The van der Waals surface area contributed by atoms with Crippen molar-refractivity contribution in [3.05, 3.63) is 64.2 Å². The maximum Gasteiger partial charge on any atom is 0.119 e. The second-order valence-corrected chi connectivity index (χ2v) is 8.65. The van der Waals surface area contributed by atoms with Crippen molar-refractivity contribution in [2.45, 2.75) is 56.2 Å². The van der Waals surface area contributed by atoms with Crippen LogP contribution in [-0.4, -0.2) is 59.6 Å². The Morgan fingerprint density at radius 2 is 1.77 bits per heavy atom. The Morgan fingerprint density at radius 1 is 1.00 bits per heavy atom. The van der Waals surface area contributed by atoms with Crippen molar-refractivity contribution in [3.8, 4) is 5.75 Å². The first-order chi connectivity index (χ1) is 15.0. The zero-order valence-electron chi connectivity index (χ0n) is 17.3. The normalized spacial score (nSPS) is 26.1. The van der Waals surface area contributed by atoms with Crippen molar-refractivity contribution in [1.82, 2.24) is 0 Å². The summed E-state index contributed by atoms with van der Waals surface area (Å²) in [7, 11) is 0. The Hall–Kier alpha value is -1.67. The van der Waals surface area contributed by atoms with Gasteiger partial charge >= 0.3 is 0 Å². The molecule has 3 N–H and O–H groups in total. The molecule has 168 valence electrons. The van der Waals surface area contributed by atoms with E-state index in [9.17, 15) is 15.3 Å². The lowest BCUT2D eigenvalue weighted by atomic mass is 9.92. The summed E-state index contributed by atoms with van der Waals surface area (Å²) in [5.74, 6) is 0.801. The van der Waals surface area contributed by atoms with Gasteiger partial charge in [-0.3, -0.25) is 0 Å². The lowest BCUT2D eigenvalue weighted by Crippen LogP contribution is -2.44. The van der Waals surface area contributed by atoms with Gasteiger partial charge < -0.3 is 29.5 Å². The highest BCUT2D eigenvalue weighted by Crippen LogP contribution is 2.34. The van der Waals surface area contributed by atoms with Crippen LogP contribution in [0.1, 0.15) is 42.1 Å². The van der Waals surface area contributed by atoms with Crippen LogP contribution in [0, 0.1) is 0 Å². The van der Waals surface area contributed by atoms with Crippen molar-refractivity contribution in [2.75, 3.05) is 19.8 Å². The van der Waals surface area contributed by atoms with Gasteiger partial charge in [-0.05, 0) is 54.2 Å². The summed E-state index contributed by atoms with van der Waals surface area (Å²) in [5, 5.41) is 30.4. The summed E-state index contributed by atoms with van der Waals surface area (Å²) in [4.78, 5) is 0. The second kappa shape index (κ2) is 10.3. The van der Waals surface area contributed by atoms with Crippen molar-refractivity contribution < 1.29 is 29.5 Å². The zero-order valence-corrected chi connectivity index (χ0v) is 18.1. The molecular weight excluding hydrogens is 420 g/mol. The zero-order chi connectivity index (χ0) is 21.8. The van der Waals surface area contributed by atoms with Crippen molar-refractivity contribution >= 4 is 11.6 Å². The number of hydrogen-bond acceptors (Lipinski definition) is 6. The number of halogens is 1. The van der Waals surface area contributed by atoms with E-state index in [-0.39, 0.29) is 13.0 Å². The number of hydrogen-bond donors (Lipinski definition) is 3. The maximum atomic E-state index is 10.4. The van der Waals surface area contributed by atoms with Gasteiger partial charge in [0.1, 0.15) is 24.6 Å². The van der Waals surface area contributed by atoms with E-state index in [0.717, 1.165) is 35.3 Å². The Balaban J connectivity index is 1.39. The summed E-state index contributed by atoms with van der Waals surface area (Å²) in [5.41, 5.74) is 2.76. The van der Waals surface area contributed by atoms with E-state index < -0.39 is 24.4 Å². The fourth-order valence-corrected chi connectivity index (χ4v) is 3.98. The first-order valence-electron chi connectivity index (χ1n) is 10.8. The number of aliphatic hydroxyl groups is 3. The van der Waals surface area contributed by atoms with Gasteiger partial charge in [0.15, 0.2) is 0 Å². The molecule has 7 heteroatoms. The molecule has 1 aliphatic heterocycles. The van der Waals surface area contributed by atoms with Gasteiger partial charge in [-0.2, -0.15) is 0 Å². The quantitative estimate of drug-likeness (QED) is 0.511. The molecule has 2 aliphatic rings. The van der Waals surface area contributed by atoms with Crippen LogP contribution in [0.25, 0.3) is 0 Å². The molecule has 4 atom stereocenters. The van der Waals surface area contributed by atoms with E-state index in [1.807, 2.05) is 36.4 Å². The van der Waals surface area contributed by atoms with Crippen LogP contribution in [0.2, 0.25) is 5.02 Å². The van der Waals surface area contributed by atoms with E-state index in [0.29, 0.717) is 30.8 Å². The van der Waals surface area contributed by atoms with Crippen LogP contribution < -0.4 is 4.74 Å². The first kappa shape index (κ1) is 22.5. The van der Waals surface area contributed by atoms with Crippen LogP contribution in [0.4, 0.5) is 0 Å². The summed E-state index contributed by atoms with van der Waals surface area (Å²) in [6, 6.07) is 13.4. The van der Waals surface area contributed by atoms with E-state index in [1.54, 1.807) is 6.07 Å². The van der Waals surface area contributed by atoms with Gasteiger partial charge in [0, 0.05) is 11.4 Å². The van der Waals surface area contributed by atoms with Crippen molar-refractivity contribution in [2.24, 2.45) is 0 Å². The minimum Gasteiger partial charge on any atom is -0.491 e. The van der Waals surface area contributed by atoms with E-state index in [4.69, 9.17) is 25.8 Å². The van der Waals surface area contributed by atoms with Gasteiger partial charge in [0.25, 0.3) is 0 Å². The molecule has 1 saturated carbocycles. The molecule has 6 nitrogen and oxygen atoms in total. The Morgan fingerprint density at radius 3 is 2.48 bits per heavy atom. The van der Waals surface area contributed by atoms with Crippen LogP contribution >= 0.6 is 11.6 Å². The standard InChI is InChI=1S/C24H29ClO6/c25-20-8-3-16(24-22(28)13-21(27)23(14-26)31-24)12-17(20)11-15-1-4-18(5-2-15)29-9-10-30-19-6-7-19/h1-5,8,12,19,21-24,26-28H,6-7,9-11,13-14H2/t21-,22+,23+,24-/m0/s1. The lowest BCUT2D eigenvalue weighted by Gasteiger charge is -2.37. The van der Waals surface area contributed by atoms with Gasteiger partial charge in [-0.25, -0.2) is 0 Å². The molecule has 2 aromatic rings. The number of benzene rings is 2. The molecule has 1 saturated heterocycles. The first-order valence-corrected chi connectivity index (χ1v) is 11.2. The third-order valence-electron chi connectivity index (χ3n) is 5.71. The summed E-state index contributed by atoms with van der Waals surface area (Å²) in [6.45, 7) is 0.848. The highest BCUT2D eigenvalue weighted by Gasteiger charge is 2.36. The molecular formula is C24H29ClO6. The molecule has 0 aromatic heterocycles. The predicted octanol–water partition coefficient (Wildman–Crippen LogP) is 3.03. The minimum atomic E-state index is -0.885. The molecule has 0 amide bonds. The molecule has 1 heterocycles. The van der Waals surface area contributed by atoms with E-state index >= 15 is 0 Å². The SMILES string of the molecule is OC[C@H]1O[C@@H](c2ccc(Cl)c(Cc3ccc(OCCOC4CC4)cc3)c2)[C@H](O)C[C@@H]1O. The van der Waals surface area contributed by atoms with Gasteiger partial charge in [0.2, 0.25) is 0 Å². The summed E-state index contributed by atoms with van der Waals surface area (Å²) in [6.07, 6.45) is 0.457. The van der Waals surface area contributed by atoms with Crippen molar-refractivity contribution in [1.29, 1.82) is 0 Å². The average Bonchev–Trinajstić information content (AvgIpc) is 3.59. The van der Waals surface area contributed by atoms with Crippen molar-refractivity contribution in [3.63, 3.8) is 0 Å². The lowest BCUT2D eigenvalue weighted by molar-refractivity contribution is -0.181. The third-order valence-corrected chi connectivity index (χ3v) is 6.08. The highest BCUT2D eigenvalue weighted by atomic mass is 35.5. The minimum absolute atomic E-state index is 0.154. The molecule has 0 spiro atoms. The van der Waals surface area contributed by atoms with Crippen LogP contribution in [-0.2, 0) is 15.9 Å². The fourth-order valence-electron chi connectivity index (χ4n) is 3.80. The molecule has 31 heavy (non-hydrogen) atoms. The monoisotopic (exact) mass is 448 g/mol. The fraction of sp³-hybridized carbons (Fsp3) is 0.500. The van der Waals surface area contributed by atoms with Crippen LogP contribution in [0.5, 0.6) is 5.75 Å². The molecule has 2 aromatic carbocycles. The van der Waals surface area contributed by atoms with E-state index in [2.05, 4.69) is 0 Å². The van der Waals surface area contributed by atoms with Gasteiger partial charge in [-0.1, -0.05) is 35.9 Å². The average molecular weight is 449 g/mol.